The first-order chi connectivity index (χ1) is 16.1. The summed E-state index contributed by atoms with van der Waals surface area (Å²) in [5.74, 6) is -0.945. The van der Waals surface area contributed by atoms with Crippen molar-refractivity contribution in [3.63, 3.8) is 0 Å². The van der Waals surface area contributed by atoms with E-state index in [0.29, 0.717) is 18.5 Å². The second-order valence-electron chi connectivity index (χ2n) is 8.21. The fourth-order valence-corrected chi connectivity index (χ4v) is 5.49. The van der Waals surface area contributed by atoms with E-state index in [4.69, 9.17) is 11.0 Å². The molecule has 0 bridgehead atoms. The minimum atomic E-state index is -3.76. The summed E-state index contributed by atoms with van der Waals surface area (Å²) in [6.07, 6.45) is 2.04. The van der Waals surface area contributed by atoms with Crippen molar-refractivity contribution in [2.45, 2.75) is 44.0 Å². The number of nitrogen functional groups attached to an aromatic ring is 1. The molecule has 1 amide bonds. The maximum atomic E-state index is 13.1. The zero-order valence-corrected chi connectivity index (χ0v) is 20.0. The van der Waals surface area contributed by atoms with Crippen LogP contribution in [0, 0.1) is 17.2 Å². The molecule has 1 aliphatic heterocycles. The SMILES string of the molecule is CCCCn1c(N)c(N(C)C(=O)C2CCN(S(=O)(=O)c3ccc(C#N)cc3)CC2)c(=O)[nH]c1=O. The van der Waals surface area contributed by atoms with Gasteiger partial charge in [-0.1, -0.05) is 13.3 Å². The summed E-state index contributed by atoms with van der Waals surface area (Å²) < 4.78 is 28.4. The molecule has 1 aliphatic rings. The number of nitriles is 1. The molecule has 1 fully saturated rings. The van der Waals surface area contributed by atoms with Crippen LogP contribution in [0.15, 0.2) is 38.8 Å². The molecule has 34 heavy (non-hydrogen) atoms. The van der Waals surface area contributed by atoms with Gasteiger partial charge in [-0.25, -0.2) is 13.2 Å². The summed E-state index contributed by atoms with van der Waals surface area (Å²) >= 11 is 0. The largest absolute Gasteiger partial charge is 0.383 e. The van der Waals surface area contributed by atoms with Crippen LogP contribution in [0.5, 0.6) is 0 Å². The molecule has 2 heterocycles. The molecular weight excluding hydrogens is 460 g/mol. The summed E-state index contributed by atoms with van der Waals surface area (Å²) in [7, 11) is -2.33. The first kappa shape index (κ1) is 25.2. The molecular formula is C22H28N6O5S. The number of aromatic nitrogens is 2. The minimum Gasteiger partial charge on any atom is -0.383 e. The minimum absolute atomic E-state index is 0.0705. The van der Waals surface area contributed by atoms with Crippen molar-refractivity contribution >= 4 is 27.4 Å². The number of carbonyl (C=O) groups excluding carboxylic acids is 1. The summed E-state index contributed by atoms with van der Waals surface area (Å²) in [6, 6.07) is 7.62. The Balaban J connectivity index is 1.75. The maximum absolute atomic E-state index is 13.1. The number of aromatic amines is 1. The van der Waals surface area contributed by atoms with Crippen LogP contribution < -0.4 is 21.9 Å². The van der Waals surface area contributed by atoms with Gasteiger partial charge >= 0.3 is 5.69 Å². The zero-order chi connectivity index (χ0) is 25.0. The monoisotopic (exact) mass is 488 g/mol. The van der Waals surface area contributed by atoms with E-state index in [1.54, 1.807) is 0 Å². The first-order valence-corrected chi connectivity index (χ1v) is 12.5. The Morgan fingerprint density at radius 3 is 2.41 bits per heavy atom. The van der Waals surface area contributed by atoms with E-state index >= 15 is 0 Å². The van der Waals surface area contributed by atoms with Gasteiger partial charge in [-0.15, -0.1) is 0 Å². The lowest BCUT2D eigenvalue weighted by molar-refractivity contribution is -0.123. The number of anilines is 2. The van der Waals surface area contributed by atoms with Crippen molar-refractivity contribution in [2.24, 2.45) is 5.92 Å². The maximum Gasteiger partial charge on any atom is 0.330 e. The van der Waals surface area contributed by atoms with E-state index < -0.39 is 27.2 Å². The molecule has 3 rings (SSSR count). The molecule has 182 valence electrons. The Labute approximate surface area is 197 Å². The van der Waals surface area contributed by atoms with Crippen LogP contribution in [0.25, 0.3) is 0 Å². The van der Waals surface area contributed by atoms with Gasteiger partial charge < -0.3 is 10.6 Å². The van der Waals surface area contributed by atoms with Gasteiger partial charge in [0.05, 0.1) is 16.5 Å². The summed E-state index contributed by atoms with van der Waals surface area (Å²) in [5, 5.41) is 8.90. The van der Waals surface area contributed by atoms with Crippen molar-refractivity contribution < 1.29 is 13.2 Å². The fraction of sp³-hybridized carbons (Fsp3) is 0.455. The standard InChI is InChI=1S/C22H28N6O5S/c1-3-4-11-28-19(24)18(20(29)25-22(28)31)26(2)21(30)16-9-12-27(13-10-16)34(32,33)17-7-5-15(14-23)6-8-17/h5-8,16H,3-4,9-13,24H2,1-2H3,(H,25,29,31). The van der Waals surface area contributed by atoms with E-state index in [0.717, 1.165) is 11.3 Å². The molecule has 3 N–H and O–H groups in total. The number of benzene rings is 1. The van der Waals surface area contributed by atoms with Gasteiger partial charge in [-0.05, 0) is 43.5 Å². The Kier molecular flexibility index (Phi) is 7.58. The highest BCUT2D eigenvalue weighted by Gasteiger charge is 2.34. The number of hydrogen-bond acceptors (Lipinski definition) is 7. The summed E-state index contributed by atoms with van der Waals surface area (Å²) in [6.45, 7) is 2.54. The molecule has 0 unspecified atom stereocenters. The Hall–Kier alpha value is -3.43. The van der Waals surface area contributed by atoms with Crippen molar-refractivity contribution in [3.8, 4) is 6.07 Å². The lowest BCUT2D eigenvalue weighted by atomic mass is 9.96. The molecule has 0 radical (unpaired) electrons. The van der Waals surface area contributed by atoms with Crippen LogP contribution in [-0.4, -0.2) is 48.3 Å². The van der Waals surface area contributed by atoms with Gasteiger partial charge in [0.15, 0.2) is 5.69 Å². The molecule has 11 nitrogen and oxygen atoms in total. The molecule has 1 aromatic carbocycles. The average molecular weight is 489 g/mol. The van der Waals surface area contributed by atoms with Gasteiger partial charge in [-0.2, -0.15) is 9.57 Å². The van der Waals surface area contributed by atoms with Gasteiger partial charge in [-0.3, -0.25) is 19.1 Å². The lowest BCUT2D eigenvalue weighted by Crippen LogP contribution is -2.45. The number of amides is 1. The summed E-state index contributed by atoms with van der Waals surface area (Å²) in [5.41, 5.74) is 5.01. The highest BCUT2D eigenvalue weighted by Crippen LogP contribution is 2.27. The van der Waals surface area contributed by atoms with Crippen LogP contribution in [0.4, 0.5) is 11.5 Å². The number of carbonyl (C=O) groups is 1. The number of nitrogens with one attached hydrogen (secondary N) is 1. The fourth-order valence-electron chi connectivity index (χ4n) is 4.02. The smallest absolute Gasteiger partial charge is 0.330 e. The van der Waals surface area contributed by atoms with Crippen molar-refractivity contribution in [2.75, 3.05) is 30.8 Å². The molecule has 0 saturated carbocycles. The van der Waals surface area contributed by atoms with E-state index in [1.165, 1.54) is 40.2 Å². The number of piperidine rings is 1. The van der Waals surface area contributed by atoms with Crippen LogP contribution in [0.2, 0.25) is 0 Å². The van der Waals surface area contributed by atoms with Gasteiger partial charge in [0.25, 0.3) is 5.56 Å². The lowest BCUT2D eigenvalue weighted by Gasteiger charge is -2.32. The van der Waals surface area contributed by atoms with Crippen LogP contribution in [0.1, 0.15) is 38.2 Å². The topological polar surface area (TPSA) is 162 Å². The van der Waals surface area contributed by atoms with E-state index in [9.17, 15) is 22.8 Å². The number of nitrogens with zero attached hydrogens (tertiary/aromatic N) is 4. The molecule has 12 heteroatoms. The first-order valence-electron chi connectivity index (χ1n) is 11.0. The number of sulfonamides is 1. The van der Waals surface area contributed by atoms with E-state index in [1.807, 2.05) is 13.0 Å². The van der Waals surface area contributed by atoms with Crippen molar-refractivity contribution in [3.05, 3.63) is 50.7 Å². The quantitative estimate of drug-likeness (QED) is 0.584. The molecule has 0 atom stereocenters. The van der Waals surface area contributed by atoms with Gasteiger partial charge in [0.1, 0.15) is 5.82 Å². The predicted octanol–water partition coefficient (Wildman–Crippen LogP) is 0.854. The molecule has 0 spiro atoms. The van der Waals surface area contributed by atoms with Crippen LogP contribution in [0.3, 0.4) is 0 Å². The van der Waals surface area contributed by atoms with Crippen LogP contribution >= 0.6 is 0 Å². The zero-order valence-electron chi connectivity index (χ0n) is 19.2. The van der Waals surface area contributed by atoms with Crippen molar-refractivity contribution in [1.29, 1.82) is 5.26 Å². The number of rotatable bonds is 7. The number of hydrogen-bond donors (Lipinski definition) is 2. The normalized spacial score (nSPS) is 15.1. The third-order valence-electron chi connectivity index (χ3n) is 6.04. The highest BCUT2D eigenvalue weighted by molar-refractivity contribution is 7.89. The number of H-pyrrole nitrogens is 1. The van der Waals surface area contributed by atoms with Crippen LogP contribution in [-0.2, 0) is 21.4 Å². The Morgan fingerprint density at radius 1 is 1.24 bits per heavy atom. The Bertz CT molecular complexity index is 1320. The molecule has 1 aromatic heterocycles. The van der Waals surface area contributed by atoms with Gasteiger partial charge in [0.2, 0.25) is 15.9 Å². The Morgan fingerprint density at radius 2 is 1.85 bits per heavy atom. The van der Waals surface area contributed by atoms with Crippen molar-refractivity contribution in [1.82, 2.24) is 13.9 Å². The second-order valence-corrected chi connectivity index (χ2v) is 10.1. The third-order valence-corrected chi connectivity index (χ3v) is 7.95. The van der Waals surface area contributed by atoms with E-state index in [2.05, 4.69) is 4.98 Å². The molecule has 2 aromatic rings. The number of nitrogens with two attached hydrogens (primary N) is 1. The molecule has 0 aliphatic carbocycles. The highest BCUT2D eigenvalue weighted by atomic mass is 32.2. The molecule has 1 saturated heterocycles. The third kappa shape index (κ3) is 4.90. The predicted molar refractivity (Wildman–Crippen MR) is 127 cm³/mol. The number of unbranched alkanes of at least 4 members (excludes halogenated alkanes) is 1. The van der Waals surface area contributed by atoms with E-state index in [-0.39, 0.29) is 48.2 Å². The second kappa shape index (κ2) is 10.2. The average Bonchev–Trinajstić information content (AvgIpc) is 2.83. The van der Waals surface area contributed by atoms with Gasteiger partial charge in [0, 0.05) is 32.6 Å². The summed E-state index contributed by atoms with van der Waals surface area (Å²) in [4.78, 5) is 41.2.